The molecule has 0 bridgehead atoms. The SMILES string of the molecule is NC(=O)c1csc(CNCCC2CC2)c1. The molecule has 3 nitrogen and oxygen atoms in total. The second kappa shape index (κ2) is 4.77. The minimum Gasteiger partial charge on any atom is -0.366 e. The van der Waals surface area contributed by atoms with Crippen LogP contribution in [0.5, 0.6) is 0 Å². The summed E-state index contributed by atoms with van der Waals surface area (Å²) in [5.74, 6) is 0.637. The third-order valence-electron chi connectivity index (χ3n) is 2.66. The van der Waals surface area contributed by atoms with E-state index in [1.807, 2.05) is 11.4 Å². The highest BCUT2D eigenvalue weighted by molar-refractivity contribution is 7.10. The van der Waals surface area contributed by atoms with Gasteiger partial charge in [0, 0.05) is 16.8 Å². The Labute approximate surface area is 93.7 Å². The van der Waals surface area contributed by atoms with E-state index in [1.54, 1.807) is 11.3 Å². The van der Waals surface area contributed by atoms with Gasteiger partial charge in [-0.3, -0.25) is 4.79 Å². The number of amides is 1. The topological polar surface area (TPSA) is 55.1 Å². The van der Waals surface area contributed by atoms with Crippen molar-refractivity contribution in [1.29, 1.82) is 0 Å². The predicted octanol–water partition coefficient (Wildman–Crippen LogP) is 1.74. The number of nitrogens with two attached hydrogens (primary N) is 1. The number of rotatable bonds is 6. The summed E-state index contributed by atoms with van der Waals surface area (Å²) in [5, 5.41) is 5.20. The summed E-state index contributed by atoms with van der Waals surface area (Å²) in [5.41, 5.74) is 5.80. The van der Waals surface area contributed by atoms with Crippen molar-refractivity contribution in [3.63, 3.8) is 0 Å². The van der Waals surface area contributed by atoms with Crippen LogP contribution in [-0.4, -0.2) is 12.5 Å². The minimum atomic E-state index is -0.338. The summed E-state index contributed by atoms with van der Waals surface area (Å²) in [7, 11) is 0. The maximum absolute atomic E-state index is 10.9. The number of hydrogen-bond donors (Lipinski definition) is 2. The van der Waals surface area contributed by atoms with Gasteiger partial charge in [0.05, 0.1) is 5.56 Å². The van der Waals surface area contributed by atoms with E-state index in [9.17, 15) is 4.79 Å². The molecule has 1 fully saturated rings. The zero-order valence-corrected chi connectivity index (χ0v) is 9.48. The van der Waals surface area contributed by atoms with Gasteiger partial charge in [0.15, 0.2) is 0 Å². The molecule has 1 heterocycles. The van der Waals surface area contributed by atoms with Crippen LogP contribution in [0.2, 0.25) is 0 Å². The van der Waals surface area contributed by atoms with Crippen molar-refractivity contribution < 1.29 is 4.79 Å². The van der Waals surface area contributed by atoms with E-state index >= 15 is 0 Å². The Hall–Kier alpha value is -0.870. The van der Waals surface area contributed by atoms with Crippen LogP contribution in [0.25, 0.3) is 0 Å². The molecular weight excluding hydrogens is 208 g/mol. The summed E-state index contributed by atoms with van der Waals surface area (Å²) in [6, 6.07) is 1.87. The second-order valence-corrected chi connectivity index (χ2v) is 5.07. The Morgan fingerprint density at radius 3 is 3.00 bits per heavy atom. The molecule has 4 heteroatoms. The van der Waals surface area contributed by atoms with E-state index in [4.69, 9.17) is 5.73 Å². The van der Waals surface area contributed by atoms with E-state index in [0.717, 1.165) is 19.0 Å². The Kier molecular flexibility index (Phi) is 3.38. The third kappa shape index (κ3) is 3.32. The van der Waals surface area contributed by atoms with Crippen LogP contribution >= 0.6 is 11.3 Å². The molecule has 0 aromatic carbocycles. The summed E-state index contributed by atoms with van der Waals surface area (Å²) in [6.45, 7) is 1.93. The average molecular weight is 224 g/mol. The first-order chi connectivity index (χ1) is 7.25. The maximum atomic E-state index is 10.9. The predicted molar refractivity (Wildman–Crippen MR) is 61.9 cm³/mol. The first-order valence-corrected chi connectivity index (χ1v) is 6.21. The van der Waals surface area contributed by atoms with Crippen molar-refractivity contribution in [2.45, 2.75) is 25.8 Å². The molecule has 0 radical (unpaired) electrons. The molecule has 0 unspecified atom stereocenters. The zero-order valence-electron chi connectivity index (χ0n) is 8.66. The number of primary amides is 1. The molecule has 1 aliphatic rings. The second-order valence-electron chi connectivity index (χ2n) is 4.07. The molecule has 0 saturated heterocycles. The fourth-order valence-corrected chi connectivity index (χ4v) is 2.37. The maximum Gasteiger partial charge on any atom is 0.249 e. The quantitative estimate of drug-likeness (QED) is 0.723. The molecule has 1 aliphatic carbocycles. The fourth-order valence-electron chi connectivity index (χ4n) is 1.53. The highest BCUT2D eigenvalue weighted by Gasteiger charge is 2.19. The van der Waals surface area contributed by atoms with Crippen molar-refractivity contribution >= 4 is 17.2 Å². The lowest BCUT2D eigenvalue weighted by molar-refractivity contribution is 0.100. The van der Waals surface area contributed by atoms with Gasteiger partial charge < -0.3 is 11.1 Å². The Bertz CT molecular complexity index is 344. The van der Waals surface area contributed by atoms with Gasteiger partial charge in [-0.2, -0.15) is 0 Å². The lowest BCUT2D eigenvalue weighted by Crippen LogP contribution is -2.14. The van der Waals surface area contributed by atoms with E-state index in [1.165, 1.54) is 24.1 Å². The highest BCUT2D eigenvalue weighted by atomic mass is 32.1. The van der Waals surface area contributed by atoms with Crippen LogP contribution in [0.15, 0.2) is 11.4 Å². The van der Waals surface area contributed by atoms with E-state index in [2.05, 4.69) is 5.32 Å². The average Bonchev–Trinajstić information content (AvgIpc) is 2.90. The van der Waals surface area contributed by atoms with Crippen molar-refractivity contribution in [2.75, 3.05) is 6.54 Å². The van der Waals surface area contributed by atoms with Crippen molar-refractivity contribution in [3.05, 3.63) is 21.9 Å². The van der Waals surface area contributed by atoms with Crippen molar-refractivity contribution in [1.82, 2.24) is 5.32 Å². The van der Waals surface area contributed by atoms with Gasteiger partial charge in [-0.15, -0.1) is 11.3 Å². The number of nitrogens with one attached hydrogen (secondary N) is 1. The van der Waals surface area contributed by atoms with E-state index in [0.29, 0.717) is 5.56 Å². The summed E-state index contributed by atoms with van der Waals surface area (Å²) in [4.78, 5) is 12.0. The van der Waals surface area contributed by atoms with Crippen LogP contribution in [-0.2, 0) is 6.54 Å². The summed E-state index contributed by atoms with van der Waals surface area (Å²) < 4.78 is 0. The molecule has 0 aliphatic heterocycles. The Morgan fingerprint density at radius 2 is 2.40 bits per heavy atom. The molecule has 3 N–H and O–H groups in total. The van der Waals surface area contributed by atoms with Crippen LogP contribution in [0.1, 0.15) is 34.5 Å². The van der Waals surface area contributed by atoms with Crippen LogP contribution in [0.4, 0.5) is 0 Å². The fraction of sp³-hybridized carbons (Fsp3) is 0.545. The molecular formula is C11H16N2OS. The minimum absolute atomic E-state index is 0.338. The molecule has 1 aromatic rings. The van der Waals surface area contributed by atoms with Gasteiger partial charge in [0.1, 0.15) is 0 Å². The van der Waals surface area contributed by atoms with Gasteiger partial charge in [-0.25, -0.2) is 0 Å². The molecule has 1 saturated carbocycles. The van der Waals surface area contributed by atoms with E-state index in [-0.39, 0.29) is 5.91 Å². The molecule has 0 atom stereocenters. The monoisotopic (exact) mass is 224 g/mol. The Morgan fingerprint density at radius 1 is 1.60 bits per heavy atom. The molecule has 1 amide bonds. The van der Waals surface area contributed by atoms with Gasteiger partial charge in [0.2, 0.25) is 5.91 Å². The standard InChI is InChI=1S/C11H16N2OS/c12-11(14)9-5-10(15-7-9)6-13-4-3-8-1-2-8/h5,7-8,13H,1-4,6H2,(H2,12,14). The van der Waals surface area contributed by atoms with Gasteiger partial charge in [-0.05, 0) is 24.9 Å². The van der Waals surface area contributed by atoms with Crippen LogP contribution in [0, 0.1) is 5.92 Å². The van der Waals surface area contributed by atoms with Gasteiger partial charge in [-0.1, -0.05) is 12.8 Å². The lowest BCUT2D eigenvalue weighted by atomic mass is 10.3. The normalized spacial score (nSPS) is 15.5. The van der Waals surface area contributed by atoms with Crippen molar-refractivity contribution in [2.24, 2.45) is 11.7 Å². The molecule has 0 spiro atoms. The largest absolute Gasteiger partial charge is 0.366 e. The summed E-state index contributed by atoms with van der Waals surface area (Å²) in [6.07, 6.45) is 4.10. The zero-order chi connectivity index (χ0) is 10.7. The smallest absolute Gasteiger partial charge is 0.249 e. The number of thiophene rings is 1. The number of hydrogen-bond acceptors (Lipinski definition) is 3. The lowest BCUT2D eigenvalue weighted by Gasteiger charge is -2.00. The summed E-state index contributed by atoms with van der Waals surface area (Å²) >= 11 is 1.59. The molecule has 2 rings (SSSR count). The highest BCUT2D eigenvalue weighted by Crippen LogP contribution is 2.31. The van der Waals surface area contributed by atoms with Gasteiger partial charge in [0.25, 0.3) is 0 Å². The van der Waals surface area contributed by atoms with Crippen molar-refractivity contribution in [3.8, 4) is 0 Å². The first kappa shape index (κ1) is 10.6. The Balaban J connectivity index is 1.70. The van der Waals surface area contributed by atoms with Gasteiger partial charge >= 0.3 is 0 Å². The number of carbonyl (C=O) groups is 1. The van der Waals surface area contributed by atoms with E-state index < -0.39 is 0 Å². The molecule has 82 valence electrons. The van der Waals surface area contributed by atoms with Crippen LogP contribution < -0.4 is 11.1 Å². The third-order valence-corrected chi connectivity index (χ3v) is 3.60. The molecule has 1 aromatic heterocycles. The number of carbonyl (C=O) groups excluding carboxylic acids is 1. The molecule has 15 heavy (non-hydrogen) atoms. The van der Waals surface area contributed by atoms with Crippen LogP contribution in [0.3, 0.4) is 0 Å². The first-order valence-electron chi connectivity index (χ1n) is 5.33.